The molecule has 2 aromatic rings. The van der Waals surface area contributed by atoms with Gasteiger partial charge in [0.25, 0.3) is 0 Å². The number of carbonyl (C=O) groups is 1. The number of hydrogen-bond acceptors (Lipinski definition) is 4. The molecule has 0 amide bonds. The Labute approximate surface area is 164 Å². The van der Waals surface area contributed by atoms with Crippen LogP contribution in [0.4, 0.5) is 8.78 Å². The fraction of sp³-hybridized carbons (Fsp3) is 0.0625. The van der Waals surface area contributed by atoms with Crippen LogP contribution in [0.1, 0.15) is 11.1 Å². The molecule has 26 heavy (non-hydrogen) atoms. The van der Waals surface area contributed by atoms with Crippen LogP contribution < -0.4 is 5.14 Å². The number of esters is 1. The second-order valence-electron chi connectivity index (χ2n) is 5.37. The molecule has 1 heterocycles. The van der Waals surface area contributed by atoms with Gasteiger partial charge in [0.15, 0.2) is 4.90 Å². The largest absolute Gasteiger partial charge is 0.457 e. The molecule has 5 nitrogen and oxygen atoms in total. The van der Waals surface area contributed by atoms with Crippen LogP contribution in [0.5, 0.6) is 0 Å². The van der Waals surface area contributed by atoms with Gasteiger partial charge in [-0.15, -0.1) is 0 Å². The number of cyclic esters (lactones) is 1. The molecule has 0 saturated heterocycles. The molecule has 0 aromatic heterocycles. The van der Waals surface area contributed by atoms with Crippen LogP contribution in [0.3, 0.4) is 0 Å². The van der Waals surface area contributed by atoms with E-state index in [0.717, 1.165) is 16.6 Å². The maximum atomic E-state index is 14.1. The molecule has 0 unspecified atom stereocenters. The van der Waals surface area contributed by atoms with Gasteiger partial charge in [-0.05, 0) is 67.3 Å². The van der Waals surface area contributed by atoms with Gasteiger partial charge in [-0.3, -0.25) is 0 Å². The van der Waals surface area contributed by atoms with Gasteiger partial charge in [0.1, 0.15) is 18.2 Å². The molecule has 0 radical (unpaired) electrons. The Bertz CT molecular complexity index is 1060. The maximum absolute atomic E-state index is 14.1. The summed E-state index contributed by atoms with van der Waals surface area (Å²) in [6.07, 6.45) is 0. The van der Waals surface area contributed by atoms with Gasteiger partial charge in [-0.25, -0.2) is 27.1 Å². The highest BCUT2D eigenvalue weighted by molar-refractivity contribution is 9.13. The zero-order valence-electron chi connectivity index (χ0n) is 12.7. The summed E-state index contributed by atoms with van der Waals surface area (Å²) < 4.78 is 57.3. The highest BCUT2D eigenvalue weighted by Gasteiger charge is 2.30. The fourth-order valence-electron chi connectivity index (χ4n) is 2.58. The van der Waals surface area contributed by atoms with Crippen molar-refractivity contribution in [2.24, 2.45) is 5.14 Å². The monoisotopic (exact) mass is 507 g/mol. The van der Waals surface area contributed by atoms with Crippen molar-refractivity contribution in [3.63, 3.8) is 0 Å². The van der Waals surface area contributed by atoms with E-state index in [1.807, 2.05) is 0 Å². The Hall–Kier alpha value is -1.62. The standard InChI is InChI=1S/C16H9Br2F2NO4S/c17-10-2-1-7(3-11(10)18)14-9(6-25-16(14)22)8-4-12(19)15(13(20)5-8)26(21,23)24/h1-5H,6H2,(H2,21,23,24). The molecule has 0 fully saturated rings. The molecule has 10 heteroatoms. The zero-order chi connectivity index (χ0) is 19.2. The average Bonchev–Trinajstić information content (AvgIpc) is 2.89. The van der Waals surface area contributed by atoms with E-state index in [0.29, 0.717) is 10.0 Å². The number of benzene rings is 2. The van der Waals surface area contributed by atoms with E-state index in [-0.39, 0.29) is 23.3 Å². The number of primary sulfonamides is 1. The van der Waals surface area contributed by atoms with E-state index >= 15 is 0 Å². The van der Waals surface area contributed by atoms with Gasteiger partial charge >= 0.3 is 5.97 Å². The highest BCUT2D eigenvalue weighted by atomic mass is 79.9. The normalized spacial score (nSPS) is 14.7. The van der Waals surface area contributed by atoms with Crippen LogP contribution in [0.15, 0.2) is 44.2 Å². The molecule has 3 rings (SSSR count). The molecule has 0 saturated carbocycles. The summed E-state index contributed by atoms with van der Waals surface area (Å²) in [5.74, 6) is -3.33. The molecule has 136 valence electrons. The molecule has 0 spiro atoms. The zero-order valence-corrected chi connectivity index (χ0v) is 16.7. The first-order chi connectivity index (χ1) is 12.1. The van der Waals surface area contributed by atoms with E-state index in [1.165, 1.54) is 0 Å². The molecule has 0 atom stereocenters. The number of ether oxygens (including phenoxy) is 1. The number of sulfonamides is 1. The topological polar surface area (TPSA) is 86.5 Å². The molecule has 1 aliphatic heterocycles. The van der Waals surface area contributed by atoms with Crippen molar-refractivity contribution in [3.8, 4) is 0 Å². The number of halogens is 4. The summed E-state index contributed by atoms with van der Waals surface area (Å²) in [7, 11) is -4.57. The van der Waals surface area contributed by atoms with E-state index in [1.54, 1.807) is 18.2 Å². The molecule has 2 N–H and O–H groups in total. The third-order valence-corrected chi connectivity index (χ3v) is 6.53. The third-order valence-electron chi connectivity index (χ3n) is 3.69. The SMILES string of the molecule is NS(=O)(=O)c1c(F)cc(C2=C(c3ccc(Br)c(Br)c3)C(=O)OC2)cc1F. The number of hydrogen-bond donors (Lipinski definition) is 1. The minimum Gasteiger partial charge on any atom is -0.457 e. The van der Waals surface area contributed by atoms with Crippen LogP contribution >= 0.6 is 31.9 Å². The first kappa shape index (κ1) is 19.2. The van der Waals surface area contributed by atoms with E-state index in [2.05, 4.69) is 31.9 Å². The summed E-state index contributed by atoms with van der Waals surface area (Å²) in [5, 5.41) is 4.82. The van der Waals surface area contributed by atoms with Crippen molar-refractivity contribution >= 4 is 59.0 Å². The number of nitrogens with two attached hydrogens (primary N) is 1. The van der Waals surface area contributed by atoms with Crippen LogP contribution in [-0.2, 0) is 19.6 Å². The molecular formula is C16H9Br2F2NO4S. The average molecular weight is 509 g/mol. The van der Waals surface area contributed by atoms with Gasteiger partial charge in [0.05, 0.1) is 5.57 Å². The summed E-state index contributed by atoms with van der Waals surface area (Å²) >= 11 is 6.63. The lowest BCUT2D eigenvalue weighted by Gasteiger charge is -2.09. The van der Waals surface area contributed by atoms with Gasteiger partial charge < -0.3 is 4.74 Å². The third kappa shape index (κ3) is 3.46. The first-order valence-electron chi connectivity index (χ1n) is 6.97. The van der Waals surface area contributed by atoms with Crippen molar-refractivity contribution in [2.75, 3.05) is 6.61 Å². The molecule has 0 aliphatic carbocycles. The van der Waals surface area contributed by atoms with Crippen molar-refractivity contribution in [2.45, 2.75) is 4.90 Å². The minimum atomic E-state index is -4.57. The first-order valence-corrected chi connectivity index (χ1v) is 10.1. The summed E-state index contributed by atoms with van der Waals surface area (Å²) in [6.45, 7) is -0.199. The smallest absolute Gasteiger partial charge is 0.339 e. The molecular weight excluding hydrogens is 500 g/mol. The van der Waals surface area contributed by atoms with Crippen molar-refractivity contribution in [3.05, 3.63) is 62.0 Å². The second kappa shape index (κ2) is 6.84. The Balaban J connectivity index is 2.22. The quantitative estimate of drug-likeness (QED) is 0.642. The Morgan fingerprint density at radius 1 is 1.00 bits per heavy atom. The lowest BCUT2D eigenvalue weighted by Crippen LogP contribution is -2.16. The van der Waals surface area contributed by atoms with Crippen molar-refractivity contribution in [1.82, 2.24) is 0 Å². The van der Waals surface area contributed by atoms with Crippen molar-refractivity contribution in [1.29, 1.82) is 0 Å². The van der Waals surface area contributed by atoms with E-state index < -0.39 is 32.5 Å². The van der Waals surface area contributed by atoms with E-state index in [4.69, 9.17) is 9.88 Å². The summed E-state index contributed by atoms with van der Waals surface area (Å²) in [5.41, 5.74) is 0.851. The summed E-state index contributed by atoms with van der Waals surface area (Å²) in [4.78, 5) is 10.9. The molecule has 1 aliphatic rings. The lowest BCUT2D eigenvalue weighted by atomic mass is 9.96. The van der Waals surface area contributed by atoms with Gasteiger partial charge in [0.2, 0.25) is 10.0 Å². The van der Waals surface area contributed by atoms with Crippen LogP contribution in [0.25, 0.3) is 11.1 Å². The Kier molecular flexibility index (Phi) is 5.04. The number of carbonyl (C=O) groups excluding carboxylic acids is 1. The van der Waals surface area contributed by atoms with Crippen LogP contribution in [0, 0.1) is 11.6 Å². The van der Waals surface area contributed by atoms with Gasteiger partial charge in [-0.1, -0.05) is 6.07 Å². The molecule has 2 aromatic carbocycles. The fourth-order valence-corrected chi connectivity index (χ4v) is 3.87. The number of rotatable bonds is 3. The Morgan fingerprint density at radius 3 is 2.15 bits per heavy atom. The predicted molar refractivity (Wildman–Crippen MR) is 97.3 cm³/mol. The maximum Gasteiger partial charge on any atom is 0.339 e. The van der Waals surface area contributed by atoms with Gasteiger partial charge in [0, 0.05) is 14.5 Å². The van der Waals surface area contributed by atoms with Crippen LogP contribution in [0.2, 0.25) is 0 Å². The van der Waals surface area contributed by atoms with Gasteiger partial charge in [-0.2, -0.15) is 0 Å². The van der Waals surface area contributed by atoms with Crippen LogP contribution in [-0.4, -0.2) is 21.0 Å². The predicted octanol–water partition coefficient (Wildman–Crippen LogP) is 3.60. The highest BCUT2D eigenvalue weighted by Crippen LogP contribution is 2.36. The Morgan fingerprint density at radius 2 is 1.62 bits per heavy atom. The van der Waals surface area contributed by atoms with Crippen molar-refractivity contribution < 1.29 is 26.7 Å². The second-order valence-corrected chi connectivity index (χ2v) is 8.58. The lowest BCUT2D eigenvalue weighted by molar-refractivity contribution is -0.133. The summed E-state index contributed by atoms with van der Waals surface area (Å²) in [6, 6.07) is 6.61. The molecule has 0 bridgehead atoms. The minimum absolute atomic E-state index is 0.00714. The van der Waals surface area contributed by atoms with E-state index in [9.17, 15) is 22.0 Å².